The molecule has 0 fully saturated rings. The molecule has 0 radical (unpaired) electrons. The number of nitrogens with one attached hydrogen (secondary N) is 2. The van der Waals surface area contributed by atoms with E-state index >= 15 is 0 Å². The number of H-pyrrole nitrogens is 1. The number of halogens is 1. The summed E-state index contributed by atoms with van der Waals surface area (Å²) in [5.74, 6) is -0.658. The van der Waals surface area contributed by atoms with E-state index in [0.717, 1.165) is 12.3 Å². The summed E-state index contributed by atoms with van der Waals surface area (Å²) in [6.45, 7) is 4.15. The highest BCUT2D eigenvalue weighted by atomic mass is 19.1. The molecule has 10 heteroatoms. The predicted octanol–water partition coefficient (Wildman–Crippen LogP) is 3.15. The molecule has 3 rings (SSSR count). The van der Waals surface area contributed by atoms with Crippen LogP contribution in [0.1, 0.15) is 0 Å². The molecular formula is C20H21FN6O3. The largest absolute Gasteiger partial charge is 0.474 e. The van der Waals surface area contributed by atoms with Gasteiger partial charge in [-0.3, -0.25) is 14.8 Å². The Labute approximate surface area is 172 Å². The Bertz CT molecular complexity index is 1040. The van der Waals surface area contributed by atoms with Crippen LogP contribution in [0.3, 0.4) is 0 Å². The SMILES string of the molecule is C=CC(=O)N(c1cccc(Nc2[nH]ncc2F)c1)c1cc(N)cnc1OCCOC. The van der Waals surface area contributed by atoms with Crippen molar-refractivity contribution in [3.8, 4) is 5.88 Å². The van der Waals surface area contributed by atoms with E-state index in [9.17, 15) is 9.18 Å². The van der Waals surface area contributed by atoms with Crippen molar-refractivity contribution < 1.29 is 18.7 Å². The van der Waals surface area contributed by atoms with Crippen LogP contribution in [0.4, 0.5) is 33.0 Å². The maximum atomic E-state index is 13.7. The molecule has 0 atom stereocenters. The Morgan fingerprint density at radius 1 is 1.37 bits per heavy atom. The molecule has 0 aliphatic carbocycles. The van der Waals surface area contributed by atoms with Crippen molar-refractivity contribution in [3.05, 3.63) is 61.2 Å². The highest BCUT2D eigenvalue weighted by molar-refractivity contribution is 6.08. The molecule has 9 nitrogen and oxygen atoms in total. The first kappa shape index (κ1) is 20.8. The first-order valence-corrected chi connectivity index (χ1v) is 8.93. The molecule has 2 aromatic heterocycles. The zero-order valence-corrected chi connectivity index (χ0v) is 16.3. The highest BCUT2D eigenvalue weighted by Gasteiger charge is 2.22. The van der Waals surface area contributed by atoms with E-state index in [0.29, 0.717) is 29.4 Å². The summed E-state index contributed by atoms with van der Waals surface area (Å²) < 4.78 is 24.4. The van der Waals surface area contributed by atoms with Gasteiger partial charge in [0.2, 0.25) is 5.88 Å². The molecule has 1 amide bonds. The number of hydrogen-bond acceptors (Lipinski definition) is 7. The fraction of sp³-hybridized carbons (Fsp3) is 0.150. The molecule has 2 heterocycles. The lowest BCUT2D eigenvalue weighted by Crippen LogP contribution is -2.25. The lowest BCUT2D eigenvalue weighted by molar-refractivity contribution is -0.113. The van der Waals surface area contributed by atoms with Crippen LogP contribution in [-0.2, 0) is 9.53 Å². The van der Waals surface area contributed by atoms with Gasteiger partial charge in [0.05, 0.1) is 30.4 Å². The molecule has 0 aliphatic rings. The van der Waals surface area contributed by atoms with E-state index in [1.165, 1.54) is 11.1 Å². The summed E-state index contributed by atoms with van der Waals surface area (Å²) >= 11 is 0. The normalized spacial score (nSPS) is 10.5. The molecule has 3 aromatic rings. The third kappa shape index (κ3) is 4.73. The first-order chi connectivity index (χ1) is 14.5. The van der Waals surface area contributed by atoms with Crippen molar-refractivity contribution in [2.45, 2.75) is 0 Å². The summed E-state index contributed by atoms with van der Waals surface area (Å²) in [4.78, 5) is 18.3. The summed E-state index contributed by atoms with van der Waals surface area (Å²) in [5.41, 5.74) is 7.58. The minimum atomic E-state index is -0.534. The van der Waals surface area contributed by atoms with Crippen LogP contribution in [-0.4, -0.2) is 41.4 Å². The number of carbonyl (C=O) groups excluding carboxylic acids is 1. The number of ether oxygens (including phenoxy) is 2. The quantitative estimate of drug-likeness (QED) is 0.365. The van der Waals surface area contributed by atoms with Gasteiger partial charge < -0.3 is 20.5 Å². The number of carbonyl (C=O) groups is 1. The van der Waals surface area contributed by atoms with E-state index in [4.69, 9.17) is 15.2 Å². The maximum absolute atomic E-state index is 13.7. The van der Waals surface area contributed by atoms with Crippen molar-refractivity contribution in [2.75, 3.05) is 36.3 Å². The number of pyridine rings is 1. The lowest BCUT2D eigenvalue weighted by Gasteiger charge is -2.24. The summed E-state index contributed by atoms with van der Waals surface area (Å²) in [6, 6.07) is 8.36. The fourth-order valence-electron chi connectivity index (χ4n) is 2.65. The van der Waals surface area contributed by atoms with Crippen LogP contribution < -0.4 is 20.7 Å². The molecule has 0 spiro atoms. The van der Waals surface area contributed by atoms with Crippen LogP contribution in [0.15, 0.2) is 55.4 Å². The molecule has 0 saturated heterocycles. The van der Waals surface area contributed by atoms with Gasteiger partial charge in [0.25, 0.3) is 5.91 Å². The number of amides is 1. The zero-order valence-electron chi connectivity index (χ0n) is 16.3. The lowest BCUT2D eigenvalue weighted by atomic mass is 10.2. The maximum Gasteiger partial charge on any atom is 0.255 e. The Hall–Kier alpha value is -3.92. The predicted molar refractivity (Wildman–Crippen MR) is 112 cm³/mol. The zero-order chi connectivity index (χ0) is 21.5. The van der Waals surface area contributed by atoms with Gasteiger partial charge in [0.1, 0.15) is 12.3 Å². The van der Waals surface area contributed by atoms with Crippen molar-refractivity contribution in [1.29, 1.82) is 0 Å². The van der Waals surface area contributed by atoms with Gasteiger partial charge in [-0.25, -0.2) is 9.37 Å². The molecule has 0 saturated carbocycles. The van der Waals surface area contributed by atoms with E-state index in [-0.39, 0.29) is 18.3 Å². The van der Waals surface area contributed by atoms with Crippen molar-refractivity contribution in [3.63, 3.8) is 0 Å². The Morgan fingerprint density at radius 3 is 2.90 bits per heavy atom. The van der Waals surface area contributed by atoms with Crippen LogP contribution in [0.2, 0.25) is 0 Å². The number of rotatable bonds is 9. The average Bonchev–Trinajstić information content (AvgIpc) is 3.14. The number of aromatic amines is 1. The molecular weight excluding hydrogens is 391 g/mol. The average molecular weight is 412 g/mol. The number of nitrogens with two attached hydrogens (primary N) is 1. The van der Waals surface area contributed by atoms with Crippen molar-refractivity contribution in [2.24, 2.45) is 0 Å². The first-order valence-electron chi connectivity index (χ1n) is 8.93. The van der Waals surface area contributed by atoms with Gasteiger partial charge in [-0.2, -0.15) is 5.10 Å². The van der Waals surface area contributed by atoms with Crippen LogP contribution in [0, 0.1) is 5.82 Å². The van der Waals surface area contributed by atoms with Gasteiger partial charge in [0, 0.05) is 12.8 Å². The fourth-order valence-corrected chi connectivity index (χ4v) is 2.65. The Morgan fingerprint density at radius 2 is 2.20 bits per heavy atom. The minimum absolute atomic E-state index is 0.1000. The molecule has 4 N–H and O–H groups in total. The third-order valence-corrected chi connectivity index (χ3v) is 3.98. The minimum Gasteiger partial charge on any atom is -0.474 e. The van der Waals surface area contributed by atoms with E-state index in [2.05, 4.69) is 27.1 Å². The molecule has 30 heavy (non-hydrogen) atoms. The van der Waals surface area contributed by atoms with Gasteiger partial charge in [-0.15, -0.1) is 0 Å². The molecule has 0 unspecified atom stereocenters. The smallest absolute Gasteiger partial charge is 0.255 e. The molecule has 0 aliphatic heterocycles. The van der Waals surface area contributed by atoms with E-state index in [1.807, 2.05) is 0 Å². The molecule has 156 valence electrons. The number of methoxy groups -OCH3 is 1. The molecule has 0 bridgehead atoms. The van der Waals surface area contributed by atoms with Crippen LogP contribution >= 0.6 is 0 Å². The van der Waals surface area contributed by atoms with Gasteiger partial charge >= 0.3 is 0 Å². The number of aromatic nitrogens is 3. The standard InChI is InChI=1S/C20H21FN6O3/c1-3-18(28)27(17-9-13(22)11-23-20(17)30-8-7-29-2)15-6-4-5-14(10-15)25-19-16(21)12-24-26-19/h3-6,9-12H,1,7-8,22H2,2H3,(H2,24,25,26). The van der Waals surface area contributed by atoms with E-state index in [1.54, 1.807) is 37.4 Å². The van der Waals surface area contributed by atoms with Crippen LogP contribution in [0.5, 0.6) is 5.88 Å². The van der Waals surface area contributed by atoms with Gasteiger partial charge in [0.15, 0.2) is 11.6 Å². The molecule has 1 aromatic carbocycles. The summed E-state index contributed by atoms with van der Waals surface area (Å²) in [5, 5.41) is 9.03. The second-order valence-corrected chi connectivity index (χ2v) is 6.08. The number of hydrogen-bond donors (Lipinski definition) is 3. The number of nitrogens with zero attached hydrogens (tertiary/aromatic N) is 3. The van der Waals surface area contributed by atoms with Gasteiger partial charge in [-0.05, 0) is 30.3 Å². The van der Waals surface area contributed by atoms with Crippen molar-refractivity contribution in [1.82, 2.24) is 15.2 Å². The Kier molecular flexibility index (Phi) is 6.60. The number of nitrogen functional groups attached to an aromatic ring is 1. The number of anilines is 5. The second-order valence-electron chi connectivity index (χ2n) is 6.08. The Balaban J connectivity index is 2.01. The summed E-state index contributed by atoms with van der Waals surface area (Å²) in [6.07, 6.45) is 3.65. The highest BCUT2D eigenvalue weighted by Crippen LogP contribution is 2.35. The van der Waals surface area contributed by atoms with Crippen molar-refractivity contribution >= 4 is 34.5 Å². The third-order valence-electron chi connectivity index (χ3n) is 3.98. The van der Waals surface area contributed by atoms with E-state index < -0.39 is 11.7 Å². The van der Waals surface area contributed by atoms with Crippen LogP contribution in [0.25, 0.3) is 0 Å². The monoisotopic (exact) mass is 412 g/mol. The summed E-state index contributed by atoms with van der Waals surface area (Å²) in [7, 11) is 1.55. The number of benzene rings is 1. The second kappa shape index (κ2) is 9.52. The van der Waals surface area contributed by atoms with Gasteiger partial charge in [-0.1, -0.05) is 12.6 Å². The topological polar surface area (TPSA) is 118 Å².